The van der Waals surface area contributed by atoms with Gasteiger partial charge in [-0.05, 0) is 51.4 Å². The van der Waals surface area contributed by atoms with E-state index in [1.165, 1.54) is 0 Å². The lowest BCUT2D eigenvalue weighted by Crippen LogP contribution is -2.55. The zero-order valence-corrected chi connectivity index (χ0v) is 17.4. The maximum Gasteiger partial charge on any atom is 0.389 e. The molecule has 0 aromatic carbocycles. The number of hydrogen-bond acceptors (Lipinski definition) is 2. The first-order valence-corrected chi connectivity index (χ1v) is 16.4. The third kappa shape index (κ3) is 13.2. The van der Waals surface area contributed by atoms with E-state index >= 15 is 0 Å². The molecule has 0 atom stereocenters. The molecule has 0 aromatic heterocycles. The van der Waals surface area contributed by atoms with E-state index in [9.17, 15) is 26.3 Å². The average Bonchev–Trinajstić information content (AvgIpc) is 2.17. The maximum atomic E-state index is 12.6. The van der Waals surface area contributed by atoms with Crippen LogP contribution in [0.1, 0.15) is 12.8 Å². The van der Waals surface area contributed by atoms with Crippen LogP contribution in [0.4, 0.5) is 26.3 Å². The first-order chi connectivity index (χ1) is 9.83. The molecule has 0 aliphatic heterocycles. The van der Waals surface area contributed by atoms with E-state index in [0.29, 0.717) is 0 Å². The van der Waals surface area contributed by atoms with E-state index in [4.69, 9.17) is 8.23 Å². The molecule has 0 N–H and O–H groups in total. The van der Waals surface area contributed by atoms with Gasteiger partial charge in [0.2, 0.25) is 0 Å². The summed E-state index contributed by atoms with van der Waals surface area (Å²) in [5.41, 5.74) is 0. The lowest BCUT2D eigenvalue weighted by Gasteiger charge is -2.41. The van der Waals surface area contributed by atoms with Crippen molar-refractivity contribution in [3.63, 3.8) is 0 Å². The Morgan fingerprint density at radius 3 is 1.04 bits per heavy atom. The molecular weight excluding hydrogens is 374 g/mol. The van der Waals surface area contributed by atoms with Crippen LogP contribution in [0.3, 0.4) is 0 Å². The third-order valence-corrected chi connectivity index (χ3v) is 12.5. The molecule has 0 aliphatic carbocycles. The summed E-state index contributed by atoms with van der Waals surface area (Å²) in [6, 6.07) is -0.970. The second kappa shape index (κ2) is 7.58. The fraction of sp³-hybridized carbons (Fsp3) is 1.00. The Balaban J connectivity index is 5.50. The average molecular weight is 401 g/mol. The van der Waals surface area contributed by atoms with Crippen LogP contribution in [0.25, 0.3) is 0 Å². The molecule has 0 heterocycles. The van der Waals surface area contributed by atoms with Crippen LogP contribution in [0, 0.1) is 0 Å². The first kappa shape index (κ1) is 23.2. The van der Waals surface area contributed by atoms with Crippen LogP contribution in [0.2, 0.25) is 51.4 Å². The van der Waals surface area contributed by atoms with Crippen LogP contribution >= 0.6 is 0 Å². The van der Waals surface area contributed by atoms with E-state index in [-0.39, 0.29) is 0 Å². The zero-order chi connectivity index (χ0) is 18.7. The molecule has 0 fully saturated rings. The summed E-state index contributed by atoms with van der Waals surface area (Å²) in [7, 11) is -8.32. The minimum atomic E-state index is -4.44. The Morgan fingerprint density at radius 1 is 0.609 bits per heavy atom. The number of alkyl halides is 6. The molecule has 0 unspecified atom stereocenters. The Labute approximate surface area is 137 Å². The summed E-state index contributed by atoms with van der Waals surface area (Å²) in [4.78, 5) is 0. The lowest BCUT2D eigenvalue weighted by atomic mass is 10.5. The molecule has 0 radical (unpaired) electrons. The van der Waals surface area contributed by atoms with Crippen LogP contribution in [0.5, 0.6) is 0 Å². The van der Waals surface area contributed by atoms with Gasteiger partial charge in [-0.2, -0.15) is 26.3 Å². The summed E-state index contributed by atoms with van der Waals surface area (Å²) < 4.78 is 87.6. The molecule has 0 aliphatic rings. The molecule has 0 amide bonds. The van der Waals surface area contributed by atoms with E-state index in [1.54, 1.807) is 39.3 Å². The highest BCUT2D eigenvalue weighted by atomic mass is 28.5. The van der Waals surface area contributed by atoms with Gasteiger partial charge in [-0.15, -0.1) is 0 Å². The first-order valence-electron chi connectivity index (χ1n) is 7.36. The highest BCUT2D eigenvalue weighted by molar-refractivity contribution is 6.88. The molecule has 0 saturated carbocycles. The smallest absolute Gasteiger partial charge is 0.389 e. The van der Waals surface area contributed by atoms with E-state index in [1.807, 2.05) is 0 Å². The SMILES string of the molecule is C[Si](C)(C)O[Si](CCC(F)(F)F)(CCC(F)(F)F)O[Si](C)(C)C. The summed E-state index contributed by atoms with van der Waals surface area (Å²) in [6.07, 6.45) is -11.2. The maximum absolute atomic E-state index is 12.6. The molecule has 0 rings (SSSR count). The summed E-state index contributed by atoms with van der Waals surface area (Å²) in [6.45, 7) is 10.5. The van der Waals surface area contributed by atoms with Crippen molar-refractivity contribution >= 4 is 25.2 Å². The van der Waals surface area contributed by atoms with Crippen molar-refractivity contribution in [1.29, 1.82) is 0 Å². The van der Waals surface area contributed by atoms with Crippen LogP contribution in [-0.4, -0.2) is 37.5 Å². The van der Waals surface area contributed by atoms with Gasteiger partial charge in [0, 0.05) is 12.8 Å². The van der Waals surface area contributed by atoms with E-state index in [2.05, 4.69) is 0 Å². The highest BCUT2D eigenvalue weighted by Crippen LogP contribution is 2.37. The minimum absolute atomic E-state index is 0.485. The Bertz CT molecular complexity index is 335. The molecule has 2 nitrogen and oxygen atoms in total. The van der Waals surface area contributed by atoms with Gasteiger partial charge in [0.25, 0.3) is 0 Å². The highest BCUT2D eigenvalue weighted by Gasteiger charge is 2.48. The molecule has 23 heavy (non-hydrogen) atoms. The van der Waals surface area contributed by atoms with Crippen molar-refractivity contribution in [2.45, 2.75) is 76.6 Å². The van der Waals surface area contributed by atoms with Crippen molar-refractivity contribution < 1.29 is 34.6 Å². The van der Waals surface area contributed by atoms with E-state index in [0.717, 1.165) is 0 Å². The molecular formula is C12H26F6O2Si3. The van der Waals surface area contributed by atoms with Crippen molar-refractivity contribution in [3.05, 3.63) is 0 Å². The predicted molar refractivity (Wildman–Crippen MR) is 85.6 cm³/mol. The Kier molecular flexibility index (Phi) is 7.63. The van der Waals surface area contributed by atoms with Crippen molar-refractivity contribution in [2.24, 2.45) is 0 Å². The number of halogens is 6. The van der Waals surface area contributed by atoms with Gasteiger partial charge < -0.3 is 8.23 Å². The summed E-state index contributed by atoms with van der Waals surface area (Å²) in [5.74, 6) is 0. The lowest BCUT2D eigenvalue weighted by molar-refractivity contribution is -0.133. The standard InChI is InChI=1S/C12H26F6O2Si3/c1-21(2,3)19-23(20-22(4,5)6,9-7-11(13,14)15)10-8-12(16,17)18/h7-10H2,1-6H3. The van der Waals surface area contributed by atoms with Gasteiger partial charge >= 0.3 is 20.9 Å². The van der Waals surface area contributed by atoms with Crippen molar-refractivity contribution in [3.8, 4) is 0 Å². The van der Waals surface area contributed by atoms with Crippen LogP contribution < -0.4 is 0 Å². The molecule has 0 aromatic rings. The normalized spacial score (nSPS) is 15.1. The van der Waals surface area contributed by atoms with Gasteiger partial charge in [-0.25, -0.2) is 0 Å². The van der Waals surface area contributed by atoms with Gasteiger partial charge in [-0.3, -0.25) is 0 Å². The Morgan fingerprint density at radius 2 is 0.870 bits per heavy atom. The van der Waals surface area contributed by atoms with Crippen LogP contribution in [0.15, 0.2) is 0 Å². The second-order valence-corrected chi connectivity index (χ2v) is 20.5. The number of rotatable bonds is 8. The minimum Gasteiger partial charge on any atom is -0.436 e. The fourth-order valence-electron chi connectivity index (χ4n) is 2.13. The summed E-state index contributed by atoms with van der Waals surface area (Å²) >= 11 is 0. The van der Waals surface area contributed by atoms with Crippen molar-refractivity contribution in [2.75, 3.05) is 0 Å². The molecule has 140 valence electrons. The third-order valence-electron chi connectivity index (χ3n) is 2.56. The quantitative estimate of drug-likeness (QED) is 0.365. The number of hydrogen-bond donors (Lipinski definition) is 0. The largest absolute Gasteiger partial charge is 0.436 e. The monoisotopic (exact) mass is 400 g/mol. The van der Waals surface area contributed by atoms with Crippen LogP contribution in [-0.2, 0) is 8.23 Å². The van der Waals surface area contributed by atoms with Gasteiger partial charge in [0.05, 0.1) is 0 Å². The second-order valence-electron chi connectivity index (χ2n) is 7.57. The topological polar surface area (TPSA) is 18.5 Å². The van der Waals surface area contributed by atoms with Gasteiger partial charge in [0.15, 0.2) is 16.6 Å². The summed E-state index contributed by atoms with van der Waals surface area (Å²) in [5, 5.41) is 0. The van der Waals surface area contributed by atoms with Gasteiger partial charge in [0.1, 0.15) is 0 Å². The van der Waals surface area contributed by atoms with Crippen molar-refractivity contribution in [1.82, 2.24) is 0 Å². The zero-order valence-electron chi connectivity index (χ0n) is 14.4. The van der Waals surface area contributed by atoms with E-state index < -0.39 is 62.5 Å². The molecule has 11 heteroatoms. The van der Waals surface area contributed by atoms with Gasteiger partial charge in [-0.1, -0.05) is 0 Å². The fourth-order valence-corrected chi connectivity index (χ4v) is 14.8. The molecule has 0 spiro atoms. The molecule has 0 bridgehead atoms. The Hall–Kier alpha value is 0.151. The molecule has 0 saturated heterocycles. The predicted octanol–water partition coefficient (Wildman–Crippen LogP) is 6.04.